The van der Waals surface area contributed by atoms with Crippen LogP contribution >= 0.6 is 27.3 Å². The molecule has 1 aromatic heterocycles. The minimum Gasteiger partial charge on any atom is -0.375 e. The fourth-order valence-corrected chi connectivity index (χ4v) is 3.13. The summed E-state index contributed by atoms with van der Waals surface area (Å²) in [6.45, 7) is 2.45. The molecule has 1 aromatic carbocycles. The van der Waals surface area contributed by atoms with Crippen LogP contribution in [0.2, 0.25) is 0 Å². The third-order valence-corrected chi connectivity index (χ3v) is 4.65. The molecule has 1 heterocycles. The first-order valence-electron chi connectivity index (χ1n) is 5.40. The minimum absolute atomic E-state index is 0.257. The van der Waals surface area contributed by atoms with Gasteiger partial charge in [-0.3, -0.25) is 10.1 Å². The molecular formula is C12H10BrFN2O2S. The summed E-state index contributed by atoms with van der Waals surface area (Å²) < 4.78 is 14.0. The van der Waals surface area contributed by atoms with Gasteiger partial charge in [0, 0.05) is 20.8 Å². The second-order valence-electron chi connectivity index (χ2n) is 3.89. The van der Waals surface area contributed by atoms with E-state index in [0.717, 1.165) is 20.3 Å². The topological polar surface area (TPSA) is 55.2 Å². The minimum atomic E-state index is -0.619. The molecule has 0 saturated carbocycles. The van der Waals surface area contributed by atoms with Crippen molar-refractivity contribution in [2.24, 2.45) is 0 Å². The highest BCUT2D eigenvalue weighted by Crippen LogP contribution is 2.29. The van der Waals surface area contributed by atoms with Crippen LogP contribution in [0.3, 0.4) is 0 Å². The molecule has 1 N–H and O–H groups in total. The zero-order valence-electron chi connectivity index (χ0n) is 9.94. The summed E-state index contributed by atoms with van der Waals surface area (Å²) in [6, 6.07) is 5.45. The fraction of sp³-hybridized carbons (Fsp3) is 0.167. The highest BCUT2D eigenvalue weighted by atomic mass is 79.9. The summed E-state index contributed by atoms with van der Waals surface area (Å²) in [7, 11) is 0. The zero-order valence-corrected chi connectivity index (χ0v) is 12.3. The first kappa shape index (κ1) is 14.0. The number of nitrogens with one attached hydrogen (secondary N) is 1. The summed E-state index contributed by atoms with van der Waals surface area (Å²) in [5.74, 6) is -0.619. The number of benzene rings is 1. The van der Waals surface area contributed by atoms with Crippen LogP contribution < -0.4 is 5.32 Å². The molecule has 0 radical (unpaired) electrons. The molecule has 0 atom stereocenters. The average molecular weight is 345 g/mol. The Kier molecular flexibility index (Phi) is 4.16. The number of hydrogen-bond donors (Lipinski definition) is 1. The van der Waals surface area contributed by atoms with Crippen LogP contribution in [0.25, 0.3) is 0 Å². The Morgan fingerprint density at radius 3 is 2.79 bits per heavy atom. The van der Waals surface area contributed by atoms with E-state index in [9.17, 15) is 14.5 Å². The Balaban J connectivity index is 2.17. The van der Waals surface area contributed by atoms with Crippen LogP contribution in [0.5, 0.6) is 0 Å². The number of rotatable bonds is 4. The van der Waals surface area contributed by atoms with Gasteiger partial charge in [-0.05, 0) is 41.1 Å². The van der Waals surface area contributed by atoms with Gasteiger partial charge in [0.05, 0.1) is 11.0 Å². The number of halogens is 2. The lowest BCUT2D eigenvalue weighted by molar-refractivity contribution is -0.384. The van der Waals surface area contributed by atoms with Crippen molar-refractivity contribution in [2.45, 2.75) is 13.5 Å². The van der Waals surface area contributed by atoms with Crippen molar-refractivity contribution in [2.75, 3.05) is 5.32 Å². The Bertz CT molecular complexity index is 611. The van der Waals surface area contributed by atoms with E-state index in [0.29, 0.717) is 12.2 Å². The standard InChI is InChI=1S/C12H10BrFN2O2S/c1-7-10(13)5-9(19-7)6-15-11-3-2-8(14)4-12(11)16(17)18/h2-5,15H,6H2,1H3. The van der Waals surface area contributed by atoms with Crippen LogP contribution in [-0.2, 0) is 6.54 Å². The highest BCUT2D eigenvalue weighted by Gasteiger charge is 2.14. The number of thiophene rings is 1. The molecule has 100 valence electrons. The molecule has 4 nitrogen and oxygen atoms in total. The predicted octanol–water partition coefficient (Wildman–Crippen LogP) is 4.48. The quantitative estimate of drug-likeness (QED) is 0.657. The molecule has 0 saturated heterocycles. The van der Waals surface area contributed by atoms with Gasteiger partial charge in [0.15, 0.2) is 0 Å². The molecule has 0 bridgehead atoms. The van der Waals surface area contributed by atoms with E-state index in [2.05, 4.69) is 21.2 Å². The SMILES string of the molecule is Cc1sc(CNc2ccc(F)cc2[N+](=O)[O-])cc1Br. The molecule has 0 amide bonds. The summed E-state index contributed by atoms with van der Waals surface area (Å²) in [6.07, 6.45) is 0. The number of nitro benzene ring substituents is 1. The van der Waals surface area contributed by atoms with Crippen molar-refractivity contribution in [1.29, 1.82) is 0 Å². The van der Waals surface area contributed by atoms with Crippen LogP contribution in [-0.4, -0.2) is 4.92 Å². The first-order valence-corrected chi connectivity index (χ1v) is 7.01. The molecule has 19 heavy (non-hydrogen) atoms. The summed E-state index contributed by atoms with van der Waals surface area (Å²) >= 11 is 5.01. The molecule has 7 heteroatoms. The van der Waals surface area contributed by atoms with E-state index >= 15 is 0 Å². The number of anilines is 1. The molecule has 0 aliphatic carbocycles. The number of nitrogens with zero attached hydrogens (tertiary/aromatic N) is 1. The van der Waals surface area contributed by atoms with Crippen LogP contribution in [0, 0.1) is 22.9 Å². The van der Waals surface area contributed by atoms with Gasteiger partial charge in [-0.2, -0.15) is 0 Å². The van der Waals surface area contributed by atoms with Crippen LogP contribution in [0.15, 0.2) is 28.7 Å². The van der Waals surface area contributed by atoms with Crippen LogP contribution in [0.1, 0.15) is 9.75 Å². The number of aryl methyl sites for hydroxylation is 1. The first-order chi connectivity index (χ1) is 8.97. The van der Waals surface area contributed by atoms with Crippen molar-refractivity contribution in [3.05, 3.63) is 54.4 Å². The summed E-state index contributed by atoms with van der Waals surface area (Å²) in [5, 5.41) is 13.8. The van der Waals surface area contributed by atoms with Crippen molar-refractivity contribution >= 4 is 38.6 Å². The van der Waals surface area contributed by atoms with Crippen LogP contribution in [0.4, 0.5) is 15.8 Å². The second kappa shape index (κ2) is 5.66. The van der Waals surface area contributed by atoms with Gasteiger partial charge in [0.1, 0.15) is 11.5 Å². The summed E-state index contributed by atoms with van der Waals surface area (Å²) in [4.78, 5) is 12.4. The van der Waals surface area contributed by atoms with E-state index in [1.54, 1.807) is 11.3 Å². The lowest BCUT2D eigenvalue weighted by Gasteiger charge is -2.05. The molecule has 0 unspecified atom stereocenters. The lowest BCUT2D eigenvalue weighted by Crippen LogP contribution is -2.01. The van der Waals surface area contributed by atoms with E-state index in [-0.39, 0.29) is 5.69 Å². The predicted molar refractivity (Wildman–Crippen MR) is 77.1 cm³/mol. The zero-order chi connectivity index (χ0) is 14.0. The molecular weight excluding hydrogens is 335 g/mol. The van der Waals surface area contributed by atoms with E-state index in [1.807, 2.05) is 13.0 Å². The van der Waals surface area contributed by atoms with Gasteiger partial charge in [-0.25, -0.2) is 4.39 Å². The Hall–Kier alpha value is -1.47. The third-order valence-electron chi connectivity index (χ3n) is 2.52. The van der Waals surface area contributed by atoms with Gasteiger partial charge in [-0.15, -0.1) is 11.3 Å². The molecule has 0 aliphatic rings. The number of nitro groups is 1. The Morgan fingerprint density at radius 2 is 2.21 bits per heavy atom. The maximum atomic E-state index is 13.0. The molecule has 2 aromatic rings. The second-order valence-corrected chi connectivity index (χ2v) is 6.08. The third kappa shape index (κ3) is 3.30. The van der Waals surface area contributed by atoms with Crippen molar-refractivity contribution < 1.29 is 9.31 Å². The normalized spacial score (nSPS) is 10.5. The van der Waals surface area contributed by atoms with Crippen molar-refractivity contribution in [1.82, 2.24) is 0 Å². The van der Waals surface area contributed by atoms with E-state index < -0.39 is 10.7 Å². The molecule has 0 fully saturated rings. The monoisotopic (exact) mass is 344 g/mol. The van der Waals surface area contributed by atoms with Gasteiger partial charge in [-0.1, -0.05) is 0 Å². The Morgan fingerprint density at radius 1 is 1.47 bits per heavy atom. The van der Waals surface area contributed by atoms with Crippen molar-refractivity contribution in [3.8, 4) is 0 Å². The molecule has 0 aliphatic heterocycles. The molecule has 0 spiro atoms. The lowest BCUT2D eigenvalue weighted by atomic mass is 10.2. The van der Waals surface area contributed by atoms with Gasteiger partial charge in [0.2, 0.25) is 0 Å². The van der Waals surface area contributed by atoms with E-state index in [4.69, 9.17) is 0 Å². The maximum Gasteiger partial charge on any atom is 0.295 e. The van der Waals surface area contributed by atoms with Gasteiger partial charge >= 0.3 is 0 Å². The highest BCUT2D eigenvalue weighted by molar-refractivity contribution is 9.10. The number of hydrogen-bond acceptors (Lipinski definition) is 4. The largest absolute Gasteiger partial charge is 0.375 e. The molecule has 2 rings (SSSR count). The fourth-order valence-electron chi connectivity index (χ4n) is 1.59. The van der Waals surface area contributed by atoms with Gasteiger partial charge in [0.25, 0.3) is 5.69 Å². The maximum absolute atomic E-state index is 13.0. The van der Waals surface area contributed by atoms with E-state index in [1.165, 1.54) is 12.1 Å². The van der Waals surface area contributed by atoms with Gasteiger partial charge < -0.3 is 5.32 Å². The average Bonchev–Trinajstić information content (AvgIpc) is 2.67. The summed E-state index contributed by atoms with van der Waals surface area (Å²) in [5.41, 5.74) is 0.0564. The smallest absolute Gasteiger partial charge is 0.295 e. The Labute approximate surface area is 121 Å². The van der Waals surface area contributed by atoms with Crippen molar-refractivity contribution in [3.63, 3.8) is 0 Å².